The molecule has 0 bridgehead atoms. The van der Waals surface area contributed by atoms with Gasteiger partial charge in [-0.3, -0.25) is 9.59 Å². The number of carbonyl (C=O) groups is 3. The molecule has 2 aromatic heterocycles. The summed E-state index contributed by atoms with van der Waals surface area (Å²) in [6.07, 6.45) is 19.2. The third-order valence-electron chi connectivity index (χ3n) is 8.87. The van der Waals surface area contributed by atoms with Gasteiger partial charge in [0.05, 0.1) is 18.0 Å². The molecule has 10 nitrogen and oxygen atoms in total. The third-order valence-corrected chi connectivity index (χ3v) is 8.87. The SMILES string of the molecule is C.C=O.CC.CCCCOc1cccc2c1ccn2-c1ccnc(NC2CCCCC2)n1.O=CN1CCC(OC(=O)C2CCCC2)CC1. The molecule has 2 saturated carbocycles. The van der Waals surface area contributed by atoms with E-state index in [-0.39, 0.29) is 25.4 Å². The maximum Gasteiger partial charge on any atom is 0.309 e. The van der Waals surface area contributed by atoms with Crippen molar-refractivity contribution in [2.24, 2.45) is 5.92 Å². The first-order valence-electron chi connectivity index (χ1n) is 17.7. The number of aromatic nitrogens is 3. The second-order valence-electron chi connectivity index (χ2n) is 12.1. The van der Waals surface area contributed by atoms with Gasteiger partial charge in [-0.15, -0.1) is 0 Å². The average Bonchev–Trinajstić information content (AvgIpc) is 3.83. The number of ether oxygens (including phenoxy) is 2. The summed E-state index contributed by atoms with van der Waals surface area (Å²) in [4.78, 5) is 41.2. The Kier molecular flexibility index (Phi) is 18.9. The molecule has 48 heavy (non-hydrogen) atoms. The van der Waals surface area contributed by atoms with Crippen molar-refractivity contribution in [2.75, 3.05) is 25.0 Å². The molecule has 0 unspecified atom stereocenters. The number of hydrogen-bond donors (Lipinski definition) is 1. The van der Waals surface area contributed by atoms with Crippen LogP contribution in [0.25, 0.3) is 16.7 Å². The molecule has 1 saturated heterocycles. The highest BCUT2D eigenvalue weighted by molar-refractivity contribution is 5.87. The molecule has 0 spiro atoms. The van der Waals surface area contributed by atoms with Crippen LogP contribution < -0.4 is 10.1 Å². The minimum Gasteiger partial charge on any atom is -0.493 e. The number of nitrogens with zero attached hydrogens (tertiary/aromatic N) is 4. The van der Waals surface area contributed by atoms with Crippen molar-refractivity contribution >= 4 is 36.0 Å². The van der Waals surface area contributed by atoms with Crippen molar-refractivity contribution in [3.8, 4) is 11.6 Å². The highest BCUT2D eigenvalue weighted by Crippen LogP contribution is 2.29. The Balaban J connectivity index is 0.000000327. The fourth-order valence-corrected chi connectivity index (χ4v) is 6.29. The number of piperidine rings is 1. The lowest BCUT2D eigenvalue weighted by Gasteiger charge is -2.29. The number of esters is 1. The lowest BCUT2D eigenvalue weighted by molar-refractivity contribution is -0.156. The maximum atomic E-state index is 11.8. The zero-order valence-electron chi connectivity index (χ0n) is 28.7. The third kappa shape index (κ3) is 11.9. The second kappa shape index (κ2) is 22.6. The number of likely N-dealkylation sites (tertiary alicyclic amines) is 1. The maximum absolute atomic E-state index is 11.8. The molecule has 3 aliphatic rings. The number of rotatable bonds is 10. The van der Waals surface area contributed by atoms with Gasteiger partial charge in [-0.25, -0.2) is 4.98 Å². The summed E-state index contributed by atoms with van der Waals surface area (Å²) < 4.78 is 13.6. The van der Waals surface area contributed by atoms with E-state index in [0.717, 1.165) is 92.8 Å². The molecule has 3 aromatic rings. The van der Waals surface area contributed by atoms with E-state index in [1.54, 1.807) is 4.90 Å². The number of nitrogens with one attached hydrogen (secondary N) is 1. The minimum absolute atomic E-state index is 0. The van der Waals surface area contributed by atoms with Gasteiger partial charge in [0.15, 0.2) is 0 Å². The smallest absolute Gasteiger partial charge is 0.309 e. The Morgan fingerprint density at radius 2 is 1.67 bits per heavy atom. The molecule has 1 amide bonds. The van der Waals surface area contributed by atoms with Gasteiger partial charge in [0.25, 0.3) is 0 Å². The molecule has 3 heterocycles. The van der Waals surface area contributed by atoms with E-state index in [1.807, 2.05) is 45.0 Å². The molecular formula is C38H59N5O5. The van der Waals surface area contributed by atoms with Crippen molar-refractivity contribution in [1.82, 2.24) is 19.4 Å². The largest absolute Gasteiger partial charge is 0.493 e. The Labute approximate surface area is 288 Å². The number of amides is 1. The van der Waals surface area contributed by atoms with Crippen LogP contribution in [0, 0.1) is 5.92 Å². The molecule has 0 radical (unpaired) electrons. The zero-order chi connectivity index (χ0) is 33.9. The van der Waals surface area contributed by atoms with E-state index in [0.29, 0.717) is 19.1 Å². The van der Waals surface area contributed by atoms with Crippen LogP contribution in [0.2, 0.25) is 0 Å². The van der Waals surface area contributed by atoms with Crippen LogP contribution in [0.5, 0.6) is 5.75 Å². The number of unbranched alkanes of at least 4 members (excludes halogenated alkanes) is 1. The Morgan fingerprint density at radius 1 is 0.979 bits per heavy atom. The molecule has 0 atom stereocenters. The fourth-order valence-electron chi connectivity index (χ4n) is 6.29. The molecular weight excluding hydrogens is 606 g/mol. The highest BCUT2D eigenvalue weighted by atomic mass is 16.5. The molecule has 1 aromatic carbocycles. The van der Waals surface area contributed by atoms with Crippen molar-refractivity contribution in [2.45, 2.75) is 124 Å². The van der Waals surface area contributed by atoms with Gasteiger partial charge >= 0.3 is 5.97 Å². The van der Waals surface area contributed by atoms with Gasteiger partial charge in [0.1, 0.15) is 24.5 Å². The number of anilines is 1. The molecule has 10 heteroatoms. The fraction of sp³-hybridized carbons (Fsp3) is 0.605. The second-order valence-corrected chi connectivity index (χ2v) is 12.1. The van der Waals surface area contributed by atoms with Gasteiger partial charge in [0.2, 0.25) is 12.4 Å². The summed E-state index contributed by atoms with van der Waals surface area (Å²) in [6.45, 7) is 10.4. The first-order valence-corrected chi connectivity index (χ1v) is 17.7. The van der Waals surface area contributed by atoms with Crippen LogP contribution in [0.3, 0.4) is 0 Å². The molecule has 3 fully saturated rings. The summed E-state index contributed by atoms with van der Waals surface area (Å²) in [7, 11) is 0. The summed E-state index contributed by atoms with van der Waals surface area (Å²) in [6, 6.07) is 10.7. The van der Waals surface area contributed by atoms with Gasteiger partial charge in [-0.1, -0.05) is 72.8 Å². The highest BCUT2D eigenvalue weighted by Gasteiger charge is 2.28. The van der Waals surface area contributed by atoms with E-state index in [1.165, 1.54) is 32.1 Å². The van der Waals surface area contributed by atoms with Gasteiger partial charge in [-0.2, -0.15) is 4.98 Å². The molecule has 6 rings (SSSR count). The Morgan fingerprint density at radius 3 is 2.33 bits per heavy atom. The van der Waals surface area contributed by atoms with Gasteiger partial charge in [0, 0.05) is 49.8 Å². The van der Waals surface area contributed by atoms with Crippen LogP contribution in [0.15, 0.2) is 42.7 Å². The lowest BCUT2D eigenvalue weighted by Crippen LogP contribution is -2.37. The number of benzene rings is 1. The van der Waals surface area contributed by atoms with Gasteiger partial charge < -0.3 is 29.1 Å². The molecule has 1 N–H and O–H groups in total. The zero-order valence-corrected chi connectivity index (χ0v) is 28.7. The number of fused-ring (bicyclic) bond motifs is 1. The summed E-state index contributed by atoms with van der Waals surface area (Å²) in [5.74, 6) is 2.67. The standard InChI is InChI=1S/C22H28N4O.C12H19NO3.C2H6.CH2O.CH4/c1-2-3-16-27-20-11-7-10-19-18(20)13-15-26(19)21-12-14-23-22(25-21)24-17-8-5-4-6-9-17;14-9-13-7-5-11(6-8-13)16-12(15)10-3-1-2-4-10;2*1-2;/h7,10-15,17H,2-6,8-9,16H2,1H3,(H,23,24,25);9-11H,1-8H2;1-2H3;1H2;1H4. The van der Waals surface area contributed by atoms with Crippen LogP contribution in [-0.2, 0) is 19.1 Å². The monoisotopic (exact) mass is 665 g/mol. The molecule has 2 aliphatic carbocycles. The summed E-state index contributed by atoms with van der Waals surface area (Å²) in [5.41, 5.74) is 1.10. The van der Waals surface area contributed by atoms with E-state index < -0.39 is 0 Å². The van der Waals surface area contributed by atoms with E-state index >= 15 is 0 Å². The Bertz CT molecular complexity index is 1330. The van der Waals surface area contributed by atoms with Crippen molar-refractivity contribution in [1.29, 1.82) is 0 Å². The number of carbonyl (C=O) groups excluding carboxylic acids is 3. The predicted molar refractivity (Wildman–Crippen MR) is 194 cm³/mol. The quantitative estimate of drug-likeness (QED) is 0.131. The lowest BCUT2D eigenvalue weighted by atomic mass is 9.96. The van der Waals surface area contributed by atoms with E-state index in [2.05, 4.69) is 40.1 Å². The first kappa shape index (κ1) is 40.2. The van der Waals surface area contributed by atoms with E-state index in [4.69, 9.17) is 19.3 Å². The van der Waals surface area contributed by atoms with E-state index in [9.17, 15) is 9.59 Å². The predicted octanol–water partition coefficient (Wildman–Crippen LogP) is 8.16. The average molecular weight is 666 g/mol. The van der Waals surface area contributed by atoms with Crippen LogP contribution >= 0.6 is 0 Å². The normalized spacial score (nSPS) is 16.5. The summed E-state index contributed by atoms with van der Waals surface area (Å²) >= 11 is 0. The Hall–Kier alpha value is -3.95. The number of hydrogen-bond acceptors (Lipinski definition) is 8. The van der Waals surface area contributed by atoms with Crippen molar-refractivity contribution in [3.05, 3.63) is 42.7 Å². The summed E-state index contributed by atoms with van der Waals surface area (Å²) in [5, 5.41) is 4.64. The molecule has 266 valence electrons. The minimum atomic E-state index is -0.0120. The van der Waals surface area contributed by atoms with Gasteiger partial charge in [-0.05, 0) is 56.4 Å². The van der Waals surface area contributed by atoms with Crippen molar-refractivity contribution < 1.29 is 23.9 Å². The van der Waals surface area contributed by atoms with Crippen molar-refractivity contribution in [3.63, 3.8) is 0 Å². The topological polar surface area (TPSA) is 116 Å². The molecule has 1 aliphatic heterocycles. The van der Waals surface area contributed by atoms with Crippen LogP contribution in [0.1, 0.15) is 112 Å². The first-order chi connectivity index (χ1) is 23.1. The van der Waals surface area contributed by atoms with Crippen LogP contribution in [-0.4, -0.2) is 70.4 Å². The van der Waals surface area contributed by atoms with Crippen LogP contribution in [0.4, 0.5) is 5.95 Å².